The van der Waals surface area contributed by atoms with Crippen LogP contribution in [-0.4, -0.2) is 11.5 Å². The van der Waals surface area contributed by atoms with Crippen molar-refractivity contribution < 1.29 is 13.2 Å². The van der Waals surface area contributed by atoms with Crippen molar-refractivity contribution >= 4 is 22.5 Å². The fraction of sp³-hybridized carbons (Fsp3) is 0.200. The lowest BCUT2D eigenvalue weighted by Crippen LogP contribution is -2.05. The zero-order valence-electron chi connectivity index (χ0n) is 16.8. The van der Waals surface area contributed by atoms with E-state index in [-0.39, 0.29) is 10.5 Å². The molecule has 4 aromatic rings. The number of H-pyrrole nitrogens is 1. The van der Waals surface area contributed by atoms with Gasteiger partial charge in [-0.15, -0.1) is 0 Å². The second-order valence-corrected chi connectivity index (χ2v) is 7.98. The Morgan fingerprint density at radius 1 is 0.839 bits per heavy atom. The third-order valence-electron chi connectivity index (χ3n) is 5.45. The van der Waals surface area contributed by atoms with E-state index >= 15 is 0 Å². The van der Waals surface area contributed by atoms with Crippen molar-refractivity contribution in [2.45, 2.75) is 25.4 Å². The molecule has 3 aromatic carbocycles. The number of nitrogens with one attached hydrogen (secondary N) is 1. The standard InChI is InChI=1S/C25H22ClF3N2/c26-19-14-21-20(8-4-5-13-30)23(31-24(21)22(15-19)25(27,28)29)18-11-9-17(10-12-18)16-6-2-1-3-7-16/h1-3,6-7,9-12,14-15,31H,4-5,8,13,30H2. The first-order chi connectivity index (χ1) is 14.9. The van der Waals surface area contributed by atoms with Crippen LogP contribution in [0.2, 0.25) is 5.02 Å². The van der Waals surface area contributed by atoms with Gasteiger partial charge in [0.05, 0.1) is 11.1 Å². The average Bonchev–Trinajstić information content (AvgIpc) is 3.11. The van der Waals surface area contributed by atoms with Gasteiger partial charge in [0.2, 0.25) is 0 Å². The van der Waals surface area contributed by atoms with Crippen molar-refractivity contribution in [2.75, 3.05) is 6.54 Å². The lowest BCUT2D eigenvalue weighted by Gasteiger charge is -2.09. The van der Waals surface area contributed by atoms with Crippen molar-refractivity contribution in [2.24, 2.45) is 5.73 Å². The van der Waals surface area contributed by atoms with E-state index in [0.29, 0.717) is 24.0 Å². The number of aryl methyl sites for hydroxylation is 1. The van der Waals surface area contributed by atoms with Crippen molar-refractivity contribution in [3.63, 3.8) is 0 Å². The summed E-state index contributed by atoms with van der Waals surface area (Å²) >= 11 is 6.07. The van der Waals surface area contributed by atoms with E-state index in [4.69, 9.17) is 17.3 Å². The fourth-order valence-corrected chi connectivity index (χ4v) is 4.17. The number of hydrogen-bond acceptors (Lipinski definition) is 1. The molecule has 0 amide bonds. The van der Waals surface area contributed by atoms with Crippen LogP contribution >= 0.6 is 11.6 Å². The minimum atomic E-state index is -4.50. The Balaban J connectivity index is 1.85. The number of aromatic amines is 1. The van der Waals surface area contributed by atoms with Gasteiger partial charge in [-0.05, 0) is 60.2 Å². The van der Waals surface area contributed by atoms with Gasteiger partial charge in [0.15, 0.2) is 0 Å². The molecule has 0 unspecified atom stereocenters. The topological polar surface area (TPSA) is 41.8 Å². The molecule has 0 saturated heterocycles. The molecule has 0 radical (unpaired) electrons. The van der Waals surface area contributed by atoms with Gasteiger partial charge in [-0.2, -0.15) is 13.2 Å². The summed E-state index contributed by atoms with van der Waals surface area (Å²) in [7, 11) is 0. The van der Waals surface area contributed by atoms with Crippen LogP contribution in [0.25, 0.3) is 33.3 Å². The first-order valence-electron chi connectivity index (χ1n) is 10.2. The smallest absolute Gasteiger partial charge is 0.354 e. The number of nitrogens with two attached hydrogens (primary N) is 1. The summed E-state index contributed by atoms with van der Waals surface area (Å²) < 4.78 is 41.1. The molecule has 160 valence electrons. The van der Waals surface area contributed by atoms with Crippen LogP contribution in [0, 0.1) is 0 Å². The van der Waals surface area contributed by atoms with Crippen molar-refractivity contribution in [1.29, 1.82) is 0 Å². The van der Waals surface area contributed by atoms with Gasteiger partial charge in [-0.1, -0.05) is 66.2 Å². The summed E-state index contributed by atoms with van der Waals surface area (Å²) in [5, 5.41) is 0.587. The van der Waals surface area contributed by atoms with E-state index in [0.717, 1.165) is 41.2 Å². The van der Waals surface area contributed by atoms with Crippen LogP contribution in [0.4, 0.5) is 13.2 Å². The minimum absolute atomic E-state index is 0.0711. The van der Waals surface area contributed by atoms with E-state index in [9.17, 15) is 13.2 Å². The van der Waals surface area contributed by atoms with Crippen molar-refractivity contribution in [1.82, 2.24) is 4.98 Å². The van der Waals surface area contributed by atoms with E-state index in [1.165, 1.54) is 0 Å². The molecule has 2 nitrogen and oxygen atoms in total. The SMILES string of the molecule is NCCCCc1c(-c2ccc(-c3ccccc3)cc2)[nH]c2c(C(F)(F)F)cc(Cl)cc12. The Labute approximate surface area is 183 Å². The number of rotatable bonds is 6. The van der Waals surface area contributed by atoms with Gasteiger partial charge in [-0.25, -0.2) is 0 Å². The maximum atomic E-state index is 13.7. The summed E-state index contributed by atoms with van der Waals surface area (Å²) in [6.45, 7) is 0.540. The molecule has 4 rings (SSSR count). The number of alkyl halides is 3. The number of unbranched alkanes of at least 4 members (excludes halogenated alkanes) is 1. The van der Waals surface area contributed by atoms with Crippen LogP contribution in [-0.2, 0) is 12.6 Å². The van der Waals surface area contributed by atoms with Crippen LogP contribution in [0.3, 0.4) is 0 Å². The van der Waals surface area contributed by atoms with Gasteiger partial charge < -0.3 is 10.7 Å². The Bertz CT molecular complexity index is 1180. The van der Waals surface area contributed by atoms with E-state index in [1.807, 2.05) is 54.6 Å². The molecule has 3 N–H and O–H groups in total. The molecule has 1 heterocycles. The van der Waals surface area contributed by atoms with E-state index in [1.54, 1.807) is 6.07 Å². The molecule has 0 bridgehead atoms. The molecule has 0 fully saturated rings. The summed E-state index contributed by atoms with van der Waals surface area (Å²) in [6, 6.07) is 20.4. The second-order valence-electron chi connectivity index (χ2n) is 7.54. The molecule has 31 heavy (non-hydrogen) atoms. The first-order valence-corrected chi connectivity index (χ1v) is 10.5. The molecule has 0 spiro atoms. The molecule has 0 aliphatic carbocycles. The highest BCUT2D eigenvalue weighted by molar-refractivity contribution is 6.31. The van der Waals surface area contributed by atoms with Crippen LogP contribution in [0.1, 0.15) is 24.0 Å². The first kappa shape index (κ1) is 21.5. The number of fused-ring (bicyclic) bond motifs is 1. The summed E-state index contributed by atoms with van der Waals surface area (Å²) in [5.41, 5.74) is 9.45. The predicted molar refractivity (Wildman–Crippen MR) is 121 cm³/mol. The average molecular weight is 443 g/mol. The molecule has 0 atom stereocenters. The van der Waals surface area contributed by atoms with Crippen molar-refractivity contribution in [3.8, 4) is 22.4 Å². The van der Waals surface area contributed by atoms with Gasteiger partial charge in [0.25, 0.3) is 0 Å². The molecular formula is C25H22ClF3N2. The number of aromatic nitrogens is 1. The highest BCUT2D eigenvalue weighted by Crippen LogP contribution is 2.41. The molecule has 0 saturated carbocycles. The highest BCUT2D eigenvalue weighted by Gasteiger charge is 2.34. The largest absolute Gasteiger partial charge is 0.418 e. The summed E-state index contributed by atoms with van der Waals surface area (Å²) in [5.74, 6) is 0. The normalized spacial score (nSPS) is 11.9. The maximum Gasteiger partial charge on any atom is 0.418 e. The molecular weight excluding hydrogens is 421 g/mol. The Morgan fingerprint density at radius 3 is 2.13 bits per heavy atom. The second kappa shape index (κ2) is 8.77. The zero-order chi connectivity index (χ0) is 22.0. The third kappa shape index (κ3) is 4.48. The Hall–Kier alpha value is -2.76. The lowest BCUT2D eigenvalue weighted by atomic mass is 9.97. The monoisotopic (exact) mass is 442 g/mol. The molecule has 1 aromatic heterocycles. The summed E-state index contributed by atoms with van der Waals surface area (Å²) in [6.07, 6.45) is -2.31. The van der Waals surface area contributed by atoms with Crippen LogP contribution < -0.4 is 5.73 Å². The van der Waals surface area contributed by atoms with Gasteiger partial charge >= 0.3 is 6.18 Å². The molecule has 6 heteroatoms. The maximum absolute atomic E-state index is 13.7. The fourth-order valence-electron chi connectivity index (χ4n) is 3.95. The number of halogens is 4. The van der Waals surface area contributed by atoms with Crippen molar-refractivity contribution in [3.05, 3.63) is 82.9 Å². The van der Waals surface area contributed by atoms with Crippen LogP contribution in [0.5, 0.6) is 0 Å². The third-order valence-corrected chi connectivity index (χ3v) is 5.67. The number of hydrogen-bond donors (Lipinski definition) is 2. The lowest BCUT2D eigenvalue weighted by molar-refractivity contribution is -0.136. The van der Waals surface area contributed by atoms with E-state index in [2.05, 4.69) is 4.98 Å². The number of benzene rings is 3. The quantitative estimate of drug-likeness (QED) is 0.299. The van der Waals surface area contributed by atoms with Gasteiger partial charge in [-0.3, -0.25) is 0 Å². The van der Waals surface area contributed by atoms with E-state index < -0.39 is 11.7 Å². The predicted octanol–water partition coefficient (Wildman–Crippen LogP) is 7.46. The Morgan fingerprint density at radius 2 is 1.48 bits per heavy atom. The zero-order valence-corrected chi connectivity index (χ0v) is 17.5. The Kier molecular flexibility index (Phi) is 6.08. The summed E-state index contributed by atoms with van der Waals surface area (Å²) in [4.78, 5) is 3.06. The van der Waals surface area contributed by atoms with Gasteiger partial charge in [0, 0.05) is 16.1 Å². The highest BCUT2D eigenvalue weighted by atomic mass is 35.5. The molecule has 0 aliphatic heterocycles. The molecule has 0 aliphatic rings. The van der Waals surface area contributed by atoms with Crippen LogP contribution in [0.15, 0.2) is 66.7 Å². The van der Waals surface area contributed by atoms with Gasteiger partial charge in [0.1, 0.15) is 0 Å². The minimum Gasteiger partial charge on any atom is -0.354 e.